The summed E-state index contributed by atoms with van der Waals surface area (Å²) in [6.45, 7) is -0.0727. The minimum atomic E-state index is -3.94. The molecule has 3 aromatic rings. The molecule has 1 fully saturated rings. The summed E-state index contributed by atoms with van der Waals surface area (Å²) in [5.41, 5.74) is 1.85. The van der Waals surface area contributed by atoms with E-state index in [1.54, 1.807) is 20.2 Å². The predicted molar refractivity (Wildman–Crippen MR) is 166 cm³/mol. The van der Waals surface area contributed by atoms with Crippen LogP contribution >= 0.6 is 11.6 Å². The Balaban J connectivity index is 0.000000507. The van der Waals surface area contributed by atoms with Crippen LogP contribution in [0.1, 0.15) is 42.5 Å². The van der Waals surface area contributed by atoms with Crippen molar-refractivity contribution in [2.45, 2.75) is 43.0 Å². The third-order valence-corrected chi connectivity index (χ3v) is 9.96. The molecule has 42 heavy (non-hydrogen) atoms. The van der Waals surface area contributed by atoms with E-state index in [4.69, 9.17) is 16.7 Å². The second-order valence-corrected chi connectivity index (χ2v) is 12.8. The smallest absolute Gasteiger partial charge is 0.322 e. The van der Waals surface area contributed by atoms with Gasteiger partial charge in [0.15, 0.2) is 0 Å². The number of carbonyl (C=O) groups excluding carboxylic acids is 1. The molecule has 1 heterocycles. The number of para-hydroxylation sites is 1. The molecule has 0 saturated heterocycles. The molecule has 9 nitrogen and oxygen atoms in total. The van der Waals surface area contributed by atoms with Crippen LogP contribution in [0.25, 0.3) is 0 Å². The standard InChI is InChI=1S/C25H32N4O5S.C6H5Cl/c1-26-20-14-21-23(13-19(20)25(32)27-15-24(30)31)35(33,34)28(2)22(17-9-5-3-6-10-17)16-29(21)18-11-7-4-8-12-18;7-6-4-2-1-3-5-6/h4,7-8,11-14,17,22,26H,3,5-6,9-10,15-16H2,1-2H3,(H,27,32)(H,30,31);1-5H/t22-;/m0./s1. The first-order valence-corrected chi connectivity index (χ1v) is 15.8. The van der Waals surface area contributed by atoms with E-state index in [9.17, 15) is 18.0 Å². The number of sulfonamides is 1. The van der Waals surface area contributed by atoms with Crippen molar-refractivity contribution in [3.05, 3.63) is 83.4 Å². The van der Waals surface area contributed by atoms with Crippen molar-refractivity contribution >= 4 is 50.6 Å². The number of anilines is 3. The number of fused-ring (bicyclic) bond motifs is 1. The van der Waals surface area contributed by atoms with Crippen molar-refractivity contribution in [1.29, 1.82) is 0 Å². The maximum atomic E-state index is 13.9. The summed E-state index contributed by atoms with van der Waals surface area (Å²) in [6.07, 6.45) is 5.31. The van der Waals surface area contributed by atoms with Gasteiger partial charge >= 0.3 is 5.97 Å². The molecule has 11 heteroatoms. The van der Waals surface area contributed by atoms with E-state index in [1.165, 1.54) is 16.8 Å². The summed E-state index contributed by atoms with van der Waals surface area (Å²) in [5.74, 6) is -1.60. The number of nitrogens with zero attached hydrogens (tertiary/aromatic N) is 2. The summed E-state index contributed by atoms with van der Waals surface area (Å²) in [7, 11) is -0.670. The van der Waals surface area contributed by atoms with Gasteiger partial charge in [-0.3, -0.25) is 9.59 Å². The van der Waals surface area contributed by atoms with Gasteiger partial charge in [0.25, 0.3) is 5.91 Å². The second kappa shape index (κ2) is 14.0. The maximum absolute atomic E-state index is 13.9. The van der Waals surface area contributed by atoms with E-state index in [0.29, 0.717) is 17.9 Å². The zero-order chi connectivity index (χ0) is 30.3. The molecule has 1 aliphatic heterocycles. The van der Waals surface area contributed by atoms with Crippen LogP contribution < -0.4 is 15.5 Å². The highest BCUT2D eigenvalue weighted by Crippen LogP contribution is 2.42. The lowest BCUT2D eigenvalue weighted by Gasteiger charge is -2.36. The first-order valence-electron chi connectivity index (χ1n) is 14.0. The number of hydrogen-bond acceptors (Lipinski definition) is 6. The van der Waals surface area contributed by atoms with Crippen LogP contribution in [0.2, 0.25) is 5.02 Å². The summed E-state index contributed by atoms with van der Waals surface area (Å²) in [5, 5.41) is 15.1. The van der Waals surface area contributed by atoms with E-state index < -0.39 is 28.4 Å². The summed E-state index contributed by atoms with van der Waals surface area (Å²) >= 11 is 5.54. The third kappa shape index (κ3) is 7.24. The fourth-order valence-corrected chi connectivity index (χ4v) is 7.35. The normalized spacial score (nSPS) is 18.5. The molecule has 0 radical (unpaired) electrons. The topological polar surface area (TPSA) is 119 Å². The Hall–Kier alpha value is -3.60. The highest BCUT2D eigenvalue weighted by atomic mass is 35.5. The lowest BCUT2D eigenvalue weighted by Crippen LogP contribution is -2.46. The Morgan fingerprint density at radius 3 is 2.14 bits per heavy atom. The summed E-state index contributed by atoms with van der Waals surface area (Å²) in [4.78, 5) is 25.8. The molecular weight excluding hydrogens is 576 g/mol. The third-order valence-electron chi connectivity index (χ3n) is 7.79. The number of rotatable bonds is 6. The monoisotopic (exact) mass is 612 g/mol. The average Bonchev–Trinajstić information content (AvgIpc) is 3.08. The minimum absolute atomic E-state index is 0.0293. The highest BCUT2D eigenvalue weighted by Gasteiger charge is 2.41. The van der Waals surface area contributed by atoms with Gasteiger partial charge in [-0.2, -0.15) is 4.31 Å². The van der Waals surface area contributed by atoms with Crippen LogP contribution in [0.5, 0.6) is 0 Å². The van der Waals surface area contributed by atoms with Crippen molar-refractivity contribution in [3.63, 3.8) is 0 Å². The molecule has 0 spiro atoms. The molecule has 224 valence electrons. The second-order valence-electron chi connectivity index (χ2n) is 10.4. The first kappa shape index (κ1) is 31.3. The molecule has 1 amide bonds. The number of benzene rings is 3. The maximum Gasteiger partial charge on any atom is 0.322 e. The highest BCUT2D eigenvalue weighted by molar-refractivity contribution is 7.89. The summed E-state index contributed by atoms with van der Waals surface area (Å²) in [6, 6.07) is 21.9. The van der Waals surface area contributed by atoms with Gasteiger partial charge in [-0.1, -0.05) is 67.3 Å². The van der Waals surface area contributed by atoms with E-state index in [-0.39, 0.29) is 22.4 Å². The molecule has 0 aromatic heterocycles. The zero-order valence-electron chi connectivity index (χ0n) is 23.8. The number of aliphatic carboxylic acids is 1. The Morgan fingerprint density at radius 2 is 1.60 bits per heavy atom. The molecule has 3 N–H and O–H groups in total. The van der Waals surface area contributed by atoms with Crippen LogP contribution in [0.15, 0.2) is 77.7 Å². The number of nitrogens with one attached hydrogen (secondary N) is 2. The van der Waals surface area contributed by atoms with Crippen molar-refractivity contribution in [3.8, 4) is 0 Å². The number of amides is 1. The van der Waals surface area contributed by atoms with E-state index in [2.05, 4.69) is 10.6 Å². The van der Waals surface area contributed by atoms with Crippen LogP contribution in [0.3, 0.4) is 0 Å². The average molecular weight is 613 g/mol. The van der Waals surface area contributed by atoms with Crippen LogP contribution in [-0.4, -0.2) is 62.9 Å². The van der Waals surface area contributed by atoms with Crippen LogP contribution in [0, 0.1) is 5.92 Å². The number of carboxylic acids is 1. The molecule has 0 unspecified atom stereocenters. The quantitative estimate of drug-likeness (QED) is 0.331. The Labute approximate surface area is 252 Å². The minimum Gasteiger partial charge on any atom is -0.480 e. The lowest BCUT2D eigenvalue weighted by atomic mass is 9.83. The molecule has 2 aliphatic rings. The van der Waals surface area contributed by atoms with Crippen molar-refractivity contribution in [2.24, 2.45) is 5.92 Å². The van der Waals surface area contributed by atoms with Gasteiger partial charge in [0.1, 0.15) is 11.4 Å². The molecule has 1 saturated carbocycles. The van der Waals surface area contributed by atoms with Crippen LogP contribution in [0.4, 0.5) is 17.1 Å². The number of halogens is 1. The lowest BCUT2D eigenvalue weighted by molar-refractivity contribution is -0.135. The van der Waals surface area contributed by atoms with Gasteiger partial charge in [0.2, 0.25) is 10.0 Å². The van der Waals surface area contributed by atoms with Gasteiger partial charge in [0, 0.05) is 43.1 Å². The van der Waals surface area contributed by atoms with E-state index in [0.717, 1.165) is 36.4 Å². The van der Waals surface area contributed by atoms with Crippen molar-refractivity contribution in [1.82, 2.24) is 9.62 Å². The zero-order valence-corrected chi connectivity index (χ0v) is 25.4. The fraction of sp³-hybridized carbons (Fsp3) is 0.355. The first-order chi connectivity index (χ1) is 20.1. The van der Waals surface area contributed by atoms with Gasteiger partial charge in [-0.15, -0.1) is 0 Å². The number of carboxylic acid groups (broad SMARTS) is 1. The largest absolute Gasteiger partial charge is 0.480 e. The summed E-state index contributed by atoms with van der Waals surface area (Å²) < 4.78 is 29.4. The number of hydrogen-bond donors (Lipinski definition) is 3. The molecular formula is C31H37ClN4O5S. The van der Waals surface area contributed by atoms with E-state index in [1.807, 2.05) is 65.6 Å². The predicted octanol–water partition coefficient (Wildman–Crippen LogP) is 5.60. The van der Waals surface area contributed by atoms with Crippen molar-refractivity contribution < 1.29 is 23.1 Å². The Morgan fingerprint density at radius 1 is 0.976 bits per heavy atom. The fourth-order valence-electron chi connectivity index (χ4n) is 5.60. The molecule has 1 atom stereocenters. The molecule has 3 aromatic carbocycles. The van der Waals surface area contributed by atoms with Crippen LogP contribution in [-0.2, 0) is 14.8 Å². The van der Waals surface area contributed by atoms with Gasteiger partial charge < -0.3 is 20.6 Å². The number of carbonyl (C=O) groups is 2. The Bertz CT molecular complexity index is 1480. The van der Waals surface area contributed by atoms with Gasteiger partial charge in [-0.05, 0) is 55.2 Å². The van der Waals surface area contributed by atoms with E-state index >= 15 is 0 Å². The number of likely N-dealkylation sites (N-methyl/N-ethyl adjacent to an activating group) is 1. The SMILES string of the molecule is CNc1cc2c(cc1C(=O)NCC(=O)O)S(=O)(=O)N(C)[C@H](C1CCCCC1)CN2c1ccccc1.Clc1ccccc1. The molecule has 5 rings (SSSR count). The molecule has 0 bridgehead atoms. The van der Waals surface area contributed by atoms with Gasteiger partial charge in [0.05, 0.1) is 11.3 Å². The molecule has 1 aliphatic carbocycles. The van der Waals surface area contributed by atoms with Gasteiger partial charge in [-0.25, -0.2) is 8.42 Å². The van der Waals surface area contributed by atoms with Crippen molar-refractivity contribution in [2.75, 3.05) is 37.4 Å². The Kier molecular flexibility index (Phi) is 10.5.